The minimum absolute atomic E-state index is 0.664. The first-order valence-electron chi connectivity index (χ1n) is 8.85. The van der Waals surface area contributed by atoms with Gasteiger partial charge in [0.25, 0.3) is 0 Å². The van der Waals surface area contributed by atoms with Crippen LogP contribution in [0.15, 0.2) is 4.99 Å². The molecule has 1 saturated carbocycles. The molecule has 0 spiro atoms. The second kappa shape index (κ2) is 9.29. The molecule has 21 heavy (non-hydrogen) atoms. The minimum Gasteiger partial charge on any atom is -0.384 e. The molecule has 1 aliphatic heterocycles. The average molecular weight is 295 g/mol. The average Bonchev–Trinajstić information content (AvgIpc) is 3.14. The van der Waals surface area contributed by atoms with Crippen LogP contribution in [0.5, 0.6) is 0 Å². The molecule has 2 aliphatic rings. The number of hydrogen-bond acceptors (Lipinski definition) is 2. The summed E-state index contributed by atoms with van der Waals surface area (Å²) in [6.07, 6.45) is 9.64. The largest absolute Gasteiger partial charge is 0.384 e. The first-order valence-corrected chi connectivity index (χ1v) is 8.85. The molecule has 2 rings (SSSR count). The van der Waals surface area contributed by atoms with E-state index >= 15 is 0 Å². The molecule has 0 aromatic carbocycles. The first kappa shape index (κ1) is 16.6. The zero-order valence-corrected chi connectivity index (χ0v) is 13.9. The summed E-state index contributed by atoms with van der Waals surface area (Å²) in [7, 11) is 1.80. The highest BCUT2D eigenvalue weighted by Crippen LogP contribution is 2.28. The molecule has 0 aromatic heterocycles. The van der Waals surface area contributed by atoms with Gasteiger partial charge in [0.05, 0.1) is 6.61 Å². The van der Waals surface area contributed by atoms with Gasteiger partial charge in [-0.15, -0.1) is 0 Å². The molecule has 1 heterocycles. The highest BCUT2D eigenvalue weighted by atomic mass is 16.5. The summed E-state index contributed by atoms with van der Waals surface area (Å²) in [6.45, 7) is 7.15. The zero-order chi connectivity index (χ0) is 14.9. The Morgan fingerprint density at radius 1 is 1.24 bits per heavy atom. The lowest BCUT2D eigenvalue weighted by Crippen LogP contribution is -2.40. The van der Waals surface area contributed by atoms with E-state index in [1.54, 1.807) is 7.11 Å². The van der Waals surface area contributed by atoms with Gasteiger partial charge in [0.1, 0.15) is 0 Å². The predicted octanol–water partition coefficient (Wildman–Crippen LogP) is 2.89. The molecular formula is C17H33N3O. The normalized spacial score (nSPS) is 24.0. The smallest absolute Gasteiger partial charge is 0.193 e. The maximum atomic E-state index is 5.28. The fraction of sp³-hybridized carbons (Fsp3) is 0.941. The maximum Gasteiger partial charge on any atom is 0.193 e. The summed E-state index contributed by atoms with van der Waals surface area (Å²) in [5.74, 6) is 2.76. The van der Waals surface area contributed by atoms with Crippen LogP contribution in [-0.4, -0.2) is 50.8 Å². The predicted molar refractivity (Wildman–Crippen MR) is 88.7 cm³/mol. The second-order valence-electron chi connectivity index (χ2n) is 6.58. The van der Waals surface area contributed by atoms with E-state index in [2.05, 4.69) is 17.1 Å². The van der Waals surface area contributed by atoms with E-state index in [1.807, 2.05) is 0 Å². The van der Waals surface area contributed by atoms with Crippen LogP contribution < -0.4 is 5.32 Å². The van der Waals surface area contributed by atoms with Gasteiger partial charge in [0, 0.05) is 39.2 Å². The summed E-state index contributed by atoms with van der Waals surface area (Å²) in [5, 5.41) is 3.45. The molecular weight excluding hydrogens is 262 g/mol. The third-order valence-corrected chi connectivity index (χ3v) is 4.83. The van der Waals surface area contributed by atoms with Crippen molar-refractivity contribution >= 4 is 5.96 Å². The van der Waals surface area contributed by atoms with Gasteiger partial charge in [-0.1, -0.05) is 25.7 Å². The summed E-state index contributed by atoms with van der Waals surface area (Å²) in [4.78, 5) is 7.25. The van der Waals surface area contributed by atoms with Crippen molar-refractivity contribution < 1.29 is 4.74 Å². The third-order valence-electron chi connectivity index (χ3n) is 4.83. The minimum atomic E-state index is 0.664. The lowest BCUT2D eigenvalue weighted by Gasteiger charge is -2.21. The van der Waals surface area contributed by atoms with E-state index < -0.39 is 0 Å². The third kappa shape index (κ3) is 5.50. The van der Waals surface area contributed by atoms with E-state index in [0.717, 1.165) is 44.7 Å². The summed E-state index contributed by atoms with van der Waals surface area (Å²) in [5.41, 5.74) is 0. The second-order valence-corrected chi connectivity index (χ2v) is 6.58. The Morgan fingerprint density at radius 2 is 2.05 bits per heavy atom. The van der Waals surface area contributed by atoms with Crippen LogP contribution in [-0.2, 0) is 4.74 Å². The number of nitrogens with zero attached hydrogens (tertiary/aromatic N) is 2. The fourth-order valence-corrected chi connectivity index (χ4v) is 3.69. The SMILES string of the molecule is CCNC(=NCCCC1CCCC1)N1CCC(COC)C1. The molecule has 1 N–H and O–H groups in total. The lowest BCUT2D eigenvalue weighted by molar-refractivity contribution is 0.157. The monoisotopic (exact) mass is 295 g/mol. The Labute approximate surface area is 130 Å². The molecule has 0 bridgehead atoms. The quantitative estimate of drug-likeness (QED) is 0.446. The van der Waals surface area contributed by atoms with Gasteiger partial charge in [-0.3, -0.25) is 4.99 Å². The van der Waals surface area contributed by atoms with Crippen molar-refractivity contribution in [3.8, 4) is 0 Å². The van der Waals surface area contributed by atoms with Crippen molar-refractivity contribution in [2.75, 3.05) is 39.9 Å². The van der Waals surface area contributed by atoms with Crippen molar-refractivity contribution in [2.45, 2.75) is 51.9 Å². The summed E-state index contributed by atoms with van der Waals surface area (Å²) < 4.78 is 5.28. The molecule has 4 heteroatoms. The number of aliphatic imine (C=N–C) groups is 1. The van der Waals surface area contributed by atoms with E-state index in [-0.39, 0.29) is 0 Å². The van der Waals surface area contributed by atoms with Crippen LogP contribution in [0.1, 0.15) is 51.9 Å². The number of guanidine groups is 1. The molecule has 1 unspecified atom stereocenters. The highest BCUT2D eigenvalue weighted by Gasteiger charge is 2.24. The number of nitrogens with one attached hydrogen (secondary N) is 1. The molecule has 0 aromatic rings. The molecule has 4 nitrogen and oxygen atoms in total. The number of likely N-dealkylation sites (tertiary alicyclic amines) is 1. The van der Waals surface area contributed by atoms with Gasteiger partial charge >= 0.3 is 0 Å². The van der Waals surface area contributed by atoms with Gasteiger partial charge in [-0.25, -0.2) is 0 Å². The van der Waals surface area contributed by atoms with Gasteiger partial charge in [0.2, 0.25) is 0 Å². The van der Waals surface area contributed by atoms with Crippen molar-refractivity contribution in [2.24, 2.45) is 16.8 Å². The van der Waals surface area contributed by atoms with Crippen molar-refractivity contribution in [1.82, 2.24) is 10.2 Å². The maximum absolute atomic E-state index is 5.28. The Hall–Kier alpha value is -0.770. The van der Waals surface area contributed by atoms with Crippen molar-refractivity contribution in [3.05, 3.63) is 0 Å². The molecule has 0 amide bonds. The first-order chi connectivity index (χ1) is 10.3. The molecule has 1 atom stereocenters. The van der Waals surface area contributed by atoms with Crippen molar-refractivity contribution in [1.29, 1.82) is 0 Å². The molecule has 0 radical (unpaired) electrons. The Bertz CT molecular complexity index is 313. The number of rotatable bonds is 7. The van der Waals surface area contributed by atoms with Crippen LogP contribution in [0, 0.1) is 11.8 Å². The lowest BCUT2D eigenvalue weighted by atomic mass is 10.0. The number of ether oxygens (including phenoxy) is 1. The Kier molecular flexibility index (Phi) is 7.34. The van der Waals surface area contributed by atoms with Gasteiger partial charge in [-0.05, 0) is 32.1 Å². The van der Waals surface area contributed by atoms with Crippen molar-refractivity contribution in [3.63, 3.8) is 0 Å². The van der Waals surface area contributed by atoms with Crippen LogP contribution >= 0.6 is 0 Å². The van der Waals surface area contributed by atoms with Crippen LogP contribution in [0.3, 0.4) is 0 Å². The summed E-state index contributed by atoms with van der Waals surface area (Å²) in [6, 6.07) is 0. The van der Waals surface area contributed by atoms with Gasteiger partial charge in [-0.2, -0.15) is 0 Å². The van der Waals surface area contributed by atoms with Gasteiger partial charge in [0.15, 0.2) is 5.96 Å². The summed E-state index contributed by atoms with van der Waals surface area (Å²) >= 11 is 0. The van der Waals surface area contributed by atoms with E-state index in [1.165, 1.54) is 44.9 Å². The molecule has 122 valence electrons. The zero-order valence-electron chi connectivity index (χ0n) is 13.9. The number of hydrogen-bond donors (Lipinski definition) is 1. The fourth-order valence-electron chi connectivity index (χ4n) is 3.69. The van der Waals surface area contributed by atoms with Crippen LogP contribution in [0.4, 0.5) is 0 Å². The topological polar surface area (TPSA) is 36.9 Å². The Morgan fingerprint density at radius 3 is 2.76 bits per heavy atom. The molecule has 1 aliphatic carbocycles. The van der Waals surface area contributed by atoms with Crippen LogP contribution in [0.2, 0.25) is 0 Å². The highest BCUT2D eigenvalue weighted by molar-refractivity contribution is 5.80. The van der Waals surface area contributed by atoms with E-state index in [4.69, 9.17) is 9.73 Å². The van der Waals surface area contributed by atoms with E-state index in [9.17, 15) is 0 Å². The molecule has 2 fully saturated rings. The van der Waals surface area contributed by atoms with Gasteiger partial charge < -0.3 is 15.0 Å². The van der Waals surface area contributed by atoms with E-state index in [0.29, 0.717) is 5.92 Å². The number of methoxy groups -OCH3 is 1. The Balaban J connectivity index is 1.73. The van der Waals surface area contributed by atoms with Crippen LogP contribution in [0.25, 0.3) is 0 Å². The molecule has 1 saturated heterocycles. The standard InChI is InChI=1S/C17H33N3O/c1-3-18-17(20-12-10-16(13-20)14-21-2)19-11-6-9-15-7-4-5-8-15/h15-16H,3-14H2,1-2H3,(H,18,19).